The molecule has 1 aromatic heterocycles. The van der Waals surface area contributed by atoms with Gasteiger partial charge in [-0.05, 0) is 31.4 Å². The number of carbonyl (C=O) groups excluding carboxylic acids is 2. The van der Waals surface area contributed by atoms with Crippen molar-refractivity contribution in [3.63, 3.8) is 0 Å². The van der Waals surface area contributed by atoms with Crippen molar-refractivity contribution in [1.29, 1.82) is 0 Å². The second kappa shape index (κ2) is 7.43. The first-order valence-electron chi connectivity index (χ1n) is 6.88. The van der Waals surface area contributed by atoms with Gasteiger partial charge in [0.05, 0.1) is 5.56 Å². The van der Waals surface area contributed by atoms with E-state index in [1.54, 1.807) is 18.3 Å². The Bertz CT molecular complexity index is 485. The Kier molecular flexibility index (Phi) is 5.29. The van der Waals surface area contributed by atoms with Gasteiger partial charge in [0.1, 0.15) is 0 Å². The van der Waals surface area contributed by atoms with Crippen LogP contribution in [-0.2, 0) is 4.79 Å². The molecule has 1 aliphatic rings. The lowest BCUT2D eigenvalue weighted by Crippen LogP contribution is -2.37. The van der Waals surface area contributed by atoms with Crippen LogP contribution >= 0.6 is 0 Å². The molecule has 0 unspecified atom stereocenters. The van der Waals surface area contributed by atoms with E-state index in [0.717, 1.165) is 19.3 Å². The number of aromatic nitrogens is 1. The van der Waals surface area contributed by atoms with E-state index in [1.165, 1.54) is 6.20 Å². The summed E-state index contributed by atoms with van der Waals surface area (Å²) in [5.74, 6) is -0.0213. The van der Waals surface area contributed by atoms with Gasteiger partial charge in [-0.1, -0.05) is 12.2 Å². The monoisotopic (exact) mass is 273 g/mol. The van der Waals surface area contributed by atoms with Crippen molar-refractivity contribution in [2.24, 2.45) is 5.92 Å². The number of pyridine rings is 1. The molecule has 0 saturated heterocycles. The lowest BCUT2D eigenvalue weighted by atomic mass is 9.94. The normalized spacial score (nSPS) is 17.5. The summed E-state index contributed by atoms with van der Waals surface area (Å²) in [5.41, 5.74) is 0.524. The smallest absolute Gasteiger partial charge is 0.252 e. The average molecular weight is 273 g/mol. The number of hydrogen-bond donors (Lipinski definition) is 2. The van der Waals surface area contributed by atoms with Crippen LogP contribution in [0.3, 0.4) is 0 Å². The van der Waals surface area contributed by atoms with Crippen LogP contribution in [0.15, 0.2) is 36.7 Å². The van der Waals surface area contributed by atoms with Crippen molar-refractivity contribution in [3.05, 3.63) is 42.2 Å². The Balaban J connectivity index is 1.65. The first kappa shape index (κ1) is 14.2. The first-order valence-corrected chi connectivity index (χ1v) is 6.88. The summed E-state index contributed by atoms with van der Waals surface area (Å²) in [6, 6.07) is 3.42. The Hall–Kier alpha value is -2.17. The summed E-state index contributed by atoms with van der Waals surface area (Å²) >= 11 is 0. The van der Waals surface area contributed by atoms with Gasteiger partial charge >= 0.3 is 0 Å². The molecule has 2 N–H and O–H groups in total. The molecule has 0 spiro atoms. The van der Waals surface area contributed by atoms with Gasteiger partial charge in [-0.3, -0.25) is 14.6 Å². The highest BCUT2D eigenvalue weighted by Crippen LogP contribution is 2.17. The number of hydrogen-bond acceptors (Lipinski definition) is 3. The minimum absolute atomic E-state index is 0.0741. The summed E-state index contributed by atoms with van der Waals surface area (Å²) in [6.07, 6.45) is 9.99. The van der Waals surface area contributed by atoms with Crippen molar-refractivity contribution in [2.75, 3.05) is 13.1 Å². The molecular weight excluding hydrogens is 254 g/mol. The molecule has 2 rings (SSSR count). The molecule has 1 atom stereocenters. The molecule has 0 aromatic carbocycles. The molecule has 2 amide bonds. The molecule has 20 heavy (non-hydrogen) atoms. The van der Waals surface area contributed by atoms with Gasteiger partial charge in [-0.15, -0.1) is 0 Å². The molecule has 1 heterocycles. The summed E-state index contributed by atoms with van der Waals surface area (Å²) < 4.78 is 0. The predicted octanol–water partition coefficient (Wildman–Crippen LogP) is 1.28. The van der Waals surface area contributed by atoms with E-state index in [2.05, 4.69) is 27.8 Å². The van der Waals surface area contributed by atoms with Crippen LogP contribution in [0, 0.1) is 5.92 Å². The largest absolute Gasteiger partial charge is 0.354 e. The van der Waals surface area contributed by atoms with E-state index in [1.807, 2.05) is 0 Å². The quantitative estimate of drug-likeness (QED) is 0.627. The van der Waals surface area contributed by atoms with Crippen molar-refractivity contribution >= 4 is 11.8 Å². The lowest BCUT2D eigenvalue weighted by Gasteiger charge is -2.17. The SMILES string of the molecule is O=C(NCCNC(=O)[C@@H]1CC=CCC1)c1cccnc1. The molecule has 106 valence electrons. The Morgan fingerprint density at radius 2 is 2.10 bits per heavy atom. The summed E-state index contributed by atoms with van der Waals surface area (Å²) in [7, 11) is 0. The molecule has 0 radical (unpaired) electrons. The zero-order valence-corrected chi connectivity index (χ0v) is 11.3. The van der Waals surface area contributed by atoms with Crippen LogP contribution in [0.2, 0.25) is 0 Å². The van der Waals surface area contributed by atoms with E-state index >= 15 is 0 Å². The van der Waals surface area contributed by atoms with Crippen molar-refractivity contribution in [3.8, 4) is 0 Å². The van der Waals surface area contributed by atoms with Gasteiger partial charge in [0, 0.05) is 31.4 Å². The van der Waals surface area contributed by atoms with Gasteiger partial charge < -0.3 is 10.6 Å². The molecule has 0 saturated carbocycles. The molecule has 0 aliphatic heterocycles. The Morgan fingerprint density at radius 3 is 2.80 bits per heavy atom. The van der Waals surface area contributed by atoms with Gasteiger partial charge in [0.25, 0.3) is 5.91 Å². The second-order valence-electron chi connectivity index (χ2n) is 4.77. The van der Waals surface area contributed by atoms with Crippen molar-refractivity contribution in [2.45, 2.75) is 19.3 Å². The molecule has 0 fully saturated rings. The fourth-order valence-electron chi connectivity index (χ4n) is 2.14. The molecule has 1 aliphatic carbocycles. The average Bonchev–Trinajstić information content (AvgIpc) is 2.53. The number of nitrogens with zero attached hydrogens (tertiary/aromatic N) is 1. The topological polar surface area (TPSA) is 71.1 Å². The highest BCUT2D eigenvalue weighted by Gasteiger charge is 2.17. The minimum Gasteiger partial charge on any atom is -0.354 e. The summed E-state index contributed by atoms with van der Waals surface area (Å²) in [6.45, 7) is 0.868. The standard InChI is InChI=1S/C15H19N3O2/c19-14(12-5-2-1-3-6-12)17-9-10-18-15(20)13-7-4-8-16-11-13/h1-2,4,7-8,11-12H,3,5-6,9-10H2,(H,17,19)(H,18,20)/t12-/m1/s1. The van der Waals surface area contributed by atoms with Gasteiger partial charge in [0.2, 0.25) is 5.91 Å². The zero-order chi connectivity index (χ0) is 14.2. The highest BCUT2D eigenvalue weighted by molar-refractivity contribution is 5.93. The third-order valence-electron chi connectivity index (χ3n) is 3.27. The van der Waals surface area contributed by atoms with E-state index < -0.39 is 0 Å². The third kappa shape index (κ3) is 4.19. The fraction of sp³-hybridized carbons (Fsp3) is 0.400. The van der Waals surface area contributed by atoms with E-state index in [0.29, 0.717) is 18.7 Å². The maximum Gasteiger partial charge on any atom is 0.252 e. The van der Waals surface area contributed by atoms with Gasteiger partial charge in [-0.2, -0.15) is 0 Å². The lowest BCUT2D eigenvalue weighted by molar-refractivity contribution is -0.125. The summed E-state index contributed by atoms with van der Waals surface area (Å²) in [4.78, 5) is 27.4. The van der Waals surface area contributed by atoms with Crippen LogP contribution in [0.4, 0.5) is 0 Å². The van der Waals surface area contributed by atoms with Crippen molar-refractivity contribution in [1.82, 2.24) is 15.6 Å². The summed E-state index contributed by atoms with van der Waals surface area (Å²) in [5, 5.41) is 5.61. The fourth-order valence-corrected chi connectivity index (χ4v) is 2.14. The van der Waals surface area contributed by atoms with E-state index in [-0.39, 0.29) is 17.7 Å². The predicted molar refractivity (Wildman–Crippen MR) is 76.1 cm³/mol. The molecule has 1 aromatic rings. The van der Waals surface area contributed by atoms with Crippen LogP contribution in [0.25, 0.3) is 0 Å². The second-order valence-corrected chi connectivity index (χ2v) is 4.77. The number of amides is 2. The third-order valence-corrected chi connectivity index (χ3v) is 3.27. The Labute approximate surface area is 118 Å². The minimum atomic E-state index is -0.173. The number of nitrogens with one attached hydrogen (secondary N) is 2. The first-order chi connectivity index (χ1) is 9.77. The molecule has 0 bridgehead atoms. The van der Waals surface area contributed by atoms with Gasteiger partial charge in [0.15, 0.2) is 0 Å². The van der Waals surface area contributed by atoms with Crippen molar-refractivity contribution < 1.29 is 9.59 Å². The van der Waals surface area contributed by atoms with Crippen LogP contribution < -0.4 is 10.6 Å². The number of allylic oxidation sites excluding steroid dienone is 2. The highest BCUT2D eigenvalue weighted by atomic mass is 16.2. The zero-order valence-electron chi connectivity index (χ0n) is 11.3. The van der Waals surface area contributed by atoms with E-state index in [4.69, 9.17) is 0 Å². The van der Waals surface area contributed by atoms with Crippen LogP contribution in [0.5, 0.6) is 0 Å². The van der Waals surface area contributed by atoms with Crippen LogP contribution in [-0.4, -0.2) is 29.9 Å². The maximum absolute atomic E-state index is 11.8. The molecule has 5 nitrogen and oxygen atoms in total. The number of rotatable bonds is 5. The molecule has 5 heteroatoms. The Morgan fingerprint density at radius 1 is 1.25 bits per heavy atom. The van der Waals surface area contributed by atoms with E-state index in [9.17, 15) is 9.59 Å². The maximum atomic E-state index is 11.8. The van der Waals surface area contributed by atoms with Crippen LogP contribution in [0.1, 0.15) is 29.6 Å². The molecular formula is C15H19N3O2. The van der Waals surface area contributed by atoms with Gasteiger partial charge in [-0.25, -0.2) is 0 Å². The number of carbonyl (C=O) groups is 2.